The lowest BCUT2D eigenvalue weighted by Crippen LogP contribution is -2.03. The molecule has 1 aromatic carbocycles. The van der Waals surface area contributed by atoms with Crippen LogP contribution >= 0.6 is 11.6 Å². The van der Waals surface area contributed by atoms with Gasteiger partial charge in [-0.05, 0) is 35.9 Å². The normalized spacial score (nSPS) is 10.2. The standard InChI is InChI=1S/C14H12ClNO3/c15-13-2-1-11(9-12(13)14(17)18)19-8-5-10-3-6-16-7-4-10/h1-4,6-7,9H,5,8H2,(H,17,18). The van der Waals surface area contributed by atoms with E-state index in [1.807, 2.05) is 12.1 Å². The van der Waals surface area contributed by atoms with Gasteiger partial charge in [0, 0.05) is 18.8 Å². The maximum Gasteiger partial charge on any atom is 0.337 e. The van der Waals surface area contributed by atoms with Crippen molar-refractivity contribution in [1.82, 2.24) is 4.98 Å². The highest BCUT2D eigenvalue weighted by molar-refractivity contribution is 6.33. The summed E-state index contributed by atoms with van der Waals surface area (Å²) in [5.74, 6) is -0.569. The molecule has 0 unspecified atom stereocenters. The Morgan fingerprint density at radius 1 is 1.26 bits per heavy atom. The zero-order chi connectivity index (χ0) is 13.7. The molecule has 0 aliphatic heterocycles. The van der Waals surface area contributed by atoms with Gasteiger partial charge in [-0.1, -0.05) is 11.6 Å². The first kappa shape index (κ1) is 13.4. The summed E-state index contributed by atoms with van der Waals surface area (Å²) < 4.78 is 5.51. The maximum absolute atomic E-state index is 10.9. The second-order valence-corrected chi connectivity index (χ2v) is 4.31. The largest absolute Gasteiger partial charge is 0.493 e. The predicted molar refractivity (Wildman–Crippen MR) is 71.8 cm³/mol. The summed E-state index contributed by atoms with van der Waals surface area (Å²) in [5.41, 5.74) is 1.16. The molecule has 0 fully saturated rings. The molecule has 0 aliphatic carbocycles. The Morgan fingerprint density at radius 3 is 2.68 bits per heavy atom. The zero-order valence-corrected chi connectivity index (χ0v) is 10.8. The van der Waals surface area contributed by atoms with Crippen molar-refractivity contribution in [3.8, 4) is 5.75 Å². The molecule has 1 heterocycles. The van der Waals surface area contributed by atoms with Gasteiger partial charge in [-0.2, -0.15) is 0 Å². The fraction of sp³-hybridized carbons (Fsp3) is 0.143. The molecule has 1 aromatic heterocycles. The van der Waals surface area contributed by atoms with E-state index in [1.165, 1.54) is 12.1 Å². The van der Waals surface area contributed by atoms with E-state index in [9.17, 15) is 4.79 Å². The highest BCUT2D eigenvalue weighted by atomic mass is 35.5. The predicted octanol–water partition coefficient (Wildman–Crippen LogP) is 3.05. The number of nitrogens with zero attached hydrogens (tertiary/aromatic N) is 1. The molecule has 0 saturated carbocycles. The fourth-order valence-corrected chi connectivity index (χ4v) is 1.79. The average Bonchev–Trinajstić information content (AvgIpc) is 2.41. The number of carboxylic acid groups (broad SMARTS) is 1. The molecule has 98 valence electrons. The summed E-state index contributed by atoms with van der Waals surface area (Å²) in [6.07, 6.45) is 4.17. The van der Waals surface area contributed by atoms with Gasteiger partial charge in [0.05, 0.1) is 17.2 Å². The summed E-state index contributed by atoms with van der Waals surface area (Å²) in [4.78, 5) is 14.9. The minimum atomic E-state index is -1.07. The van der Waals surface area contributed by atoms with E-state index in [0.29, 0.717) is 12.4 Å². The van der Waals surface area contributed by atoms with Crippen LogP contribution in [-0.2, 0) is 6.42 Å². The first-order valence-electron chi connectivity index (χ1n) is 5.71. The molecule has 4 nitrogen and oxygen atoms in total. The number of rotatable bonds is 5. The molecule has 0 radical (unpaired) electrons. The van der Waals surface area contributed by atoms with Gasteiger partial charge in [-0.3, -0.25) is 4.98 Å². The van der Waals surface area contributed by atoms with Crippen LogP contribution in [-0.4, -0.2) is 22.7 Å². The minimum absolute atomic E-state index is 0.0445. The fourth-order valence-electron chi connectivity index (χ4n) is 1.59. The topological polar surface area (TPSA) is 59.4 Å². The van der Waals surface area contributed by atoms with E-state index in [2.05, 4.69) is 4.98 Å². The molecule has 19 heavy (non-hydrogen) atoms. The van der Waals surface area contributed by atoms with Crippen molar-refractivity contribution in [2.45, 2.75) is 6.42 Å². The lowest BCUT2D eigenvalue weighted by molar-refractivity contribution is 0.0696. The molecule has 2 aromatic rings. The lowest BCUT2D eigenvalue weighted by atomic mass is 10.2. The first-order chi connectivity index (χ1) is 9.16. The molecule has 0 aliphatic rings. The smallest absolute Gasteiger partial charge is 0.337 e. The molecular formula is C14H12ClNO3. The quantitative estimate of drug-likeness (QED) is 0.912. The van der Waals surface area contributed by atoms with Gasteiger partial charge in [0.25, 0.3) is 0 Å². The Hall–Kier alpha value is -2.07. The van der Waals surface area contributed by atoms with E-state index in [-0.39, 0.29) is 10.6 Å². The summed E-state index contributed by atoms with van der Waals surface area (Å²) in [7, 11) is 0. The number of ether oxygens (including phenoxy) is 1. The molecular weight excluding hydrogens is 266 g/mol. The molecule has 5 heteroatoms. The highest BCUT2D eigenvalue weighted by Gasteiger charge is 2.09. The van der Waals surface area contributed by atoms with Crippen LogP contribution in [0.2, 0.25) is 5.02 Å². The second kappa shape index (κ2) is 6.20. The van der Waals surface area contributed by atoms with Crippen molar-refractivity contribution >= 4 is 17.6 Å². The van der Waals surface area contributed by atoms with Gasteiger partial charge in [0.15, 0.2) is 0 Å². The molecule has 0 bridgehead atoms. The molecule has 0 spiro atoms. The third-order valence-corrected chi connectivity index (χ3v) is 2.91. The Balaban J connectivity index is 1.97. The third-order valence-electron chi connectivity index (χ3n) is 2.58. The van der Waals surface area contributed by atoms with Crippen LogP contribution in [0.4, 0.5) is 0 Å². The number of pyridine rings is 1. The van der Waals surface area contributed by atoms with Gasteiger partial charge in [0.1, 0.15) is 5.75 Å². The molecule has 0 atom stereocenters. The number of halogens is 1. The van der Waals surface area contributed by atoms with Crippen LogP contribution < -0.4 is 4.74 Å². The average molecular weight is 278 g/mol. The molecule has 1 N–H and O–H groups in total. The number of hydrogen-bond acceptors (Lipinski definition) is 3. The number of carboxylic acids is 1. The van der Waals surface area contributed by atoms with Crippen LogP contribution in [0.25, 0.3) is 0 Å². The van der Waals surface area contributed by atoms with Crippen LogP contribution in [0.15, 0.2) is 42.7 Å². The van der Waals surface area contributed by atoms with Crippen LogP contribution in [0.3, 0.4) is 0 Å². The van der Waals surface area contributed by atoms with Gasteiger partial charge in [-0.15, -0.1) is 0 Å². The minimum Gasteiger partial charge on any atom is -0.493 e. The van der Waals surface area contributed by atoms with Gasteiger partial charge in [0.2, 0.25) is 0 Å². The van der Waals surface area contributed by atoms with Crippen molar-refractivity contribution in [1.29, 1.82) is 0 Å². The first-order valence-corrected chi connectivity index (χ1v) is 6.09. The van der Waals surface area contributed by atoms with Crippen molar-refractivity contribution < 1.29 is 14.6 Å². The molecule has 0 saturated heterocycles. The van der Waals surface area contributed by atoms with E-state index in [1.54, 1.807) is 18.5 Å². The van der Waals surface area contributed by atoms with Crippen molar-refractivity contribution in [3.63, 3.8) is 0 Å². The Labute approximate surface area is 115 Å². The Morgan fingerprint density at radius 2 is 2.00 bits per heavy atom. The lowest BCUT2D eigenvalue weighted by Gasteiger charge is -2.07. The Bertz CT molecular complexity index is 572. The van der Waals surface area contributed by atoms with Crippen LogP contribution in [0.5, 0.6) is 5.75 Å². The SMILES string of the molecule is O=C(O)c1cc(OCCc2ccncc2)ccc1Cl. The number of carbonyl (C=O) groups is 1. The van der Waals surface area contributed by atoms with E-state index in [4.69, 9.17) is 21.4 Å². The van der Waals surface area contributed by atoms with E-state index in [0.717, 1.165) is 12.0 Å². The van der Waals surface area contributed by atoms with Gasteiger partial charge >= 0.3 is 5.97 Å². The van der Waals surface area contributed by atoms with Gasteiger partial charge < -0.3 is 9.84 Å². The Kier molecular flexibility index (Phi) is 4.36. The van der Waals surface area contributed by atoms with E-state index >= 15 is 0 Å². The second-order valence-electron chi connectivity index (χ2n) is 3.90. The van der Waals surface area contributed by atoms with Crippen molar-refractivity contribution in [2.24, 2.45) is 0 Å². The molecule has 0 amide bonds. The van der Waals surface area contributed by atoms with Crippen LogP contribution in [0.1, 0.15) is 15.9 Å². The molecule has 2 rings (SSSR count). The maximum atomic E-state index is 10.9. The van der Waals surface area contributed by atoms with Crippen molar-refractivity contribution in [2.75, 3.05) is 6.61 Å². The monoisotopic (exact) mass is 277 g/mol. The number of hydrogen-bond donors (Lipinski definition) is 1. The number of benzene rings is 1. The van der Waals surface area contributed by atoms with E-state index < -0.39 is 5.97 Å². The summed E-state index contributed by atoms with van der Waals surface area (Å²) in [6, 6.07) is 8.42. The van der Waals surface area contributed by atoms with Gasteiger partial charge in [-0.25, -0.2) is 4.79 Å². The van der Waals surface area contributed by atoms with Crippen molar-refractivity contribution in [3.05, 3.63) is 58.9 Å². The summed E-state index contributed by atoms with van der Waals surface area (Å²) in [6.45, 7) is 0.463. The number of aromatic carboxylic acids is 1. The summed E-state index contributed by atoms with van der Waals surface area (Å²) in [5, 5.41) is 9.15. The summed E-state index contributed by atoms with van der Waals surface area (Å²) >= 11 is 5.78. The number of aromatic nitrogens is 1. The highest BCUT2D eigenvalue weighted by Crippen LogP contribution is 2.22. The zero-order valence-electron chi connectivity index (χ0n) is 10.0. The van der Waals surface area contributed by atoms with Crippen LogP contribution in [0, 0.1) is 0 Å². The third kappa shape index (κ3) is 3.69.